The van der Waals surface area contributed by atoms with E-state index in [0.29, 0.717) is 45.9 Å². The number of hydrogen-bond acceptors (Lipinski definition) is 9. The second kappa shape index (κ2) is 13.0. The van der Waals surface area contributed by atoms with Crippen molar-refractivity contribution in [2.45, 2.75) is 55.9 Å². The number of Topliss-reactive ketones (excluding diaryl/α,β-unsaturated/α-hetero) is 1. The molecular weight excluding hydrogens is 614 g/mol. The molecular formula is C34H32FN3O5S2. The number of anilines is 1. The number of halogens is 1. The summed E-state index contributed by atoms with van der Waals surface area (Å²) in [4.78, 5) is 28.7. The van der Waals surface area contributed by atoms with Gasteiger partial charge in [0.15, 0.2) is 4.34 Å². The fourth-order valence-electron chi connectivity index (χ4n) is 5.34. The molecule has 45 heavy (non-hydrogen) atoms. The largest absolute Gasteiger partial charge is 0.507 e. The summed E-state index contributed by atoms with van der Waals surface area (Å²) in [6.45, 7) is 6.72. The Hall–Kier alpha value is -4.22. The van der Waals surface area contributed by atoms with E-state index in [-0.39, 0.29) is 28.4 Å². The Morgan fingerprint density at radius 2 is 1.93 bits per heavy atom. The van der Waals surface area contributed by atoms with Gasteiger partial charge in [-0.1, -0.05) is 61.2 Å². The average Bonchev–Trinajstić information content (AvgIpc) is 3.71. The number of ether oxygens (including phenoxy) is 2. The third kappa shape index (κ3) is 6.60. The molecule has 1 aromatic heterocycles. The molecule has 11 heteroatoms. The van der Waals surface area contributed by atoms with E-state index in [1.165, 1.54) is 40.1 Å². The van der Waals surface area contributed by atoms with Gasteiger partial charge in [-0.05, 0) is 78.4 Å². The minimum absolute atomic E-state index is 0.00828. The first kappa shape index (κ1) is 30.8. The number of nitrogens with zero attached hydrogens (tertiary/aromatic N) is 3. The maximum Gasteiger partial charge on any atom is 0.301 e. The van der Waals surface area contributed by atoms with Crippen molar-refractivity contribution in [2.24, 2.45) is 5.92 Å². The van der Waals surface area contributed by atoms with Crippen molar-refractivity contribution in [3.63, 3.8) is 0 Å². The van der Waals surface area contributed by atoms with Crippen molar-refractivity contribution >= 4 is 45.7 Å². The van der Waals surface area contributed by atoms with Gasteiger partial charge in [0, 0.05) is 17.7 Å². The van der Waals surface area contributed by atoms with Gasteiger partial charge in [0.25, 0.3) is 5.78 Å². The predicted molar refractivity (Wildman–Crippen MR) is 172 cm³/mol. The van der Waals surface area contributed by atoms with E-state index in [1.807, 2.05) is 13.0 Å². The quantitative estimate of drug-likeness (QED) is 0.0629. The number of fused-ring (bicyclic) bond motifs is 1. The van der Waals surface area contributed by atoms with Crippen molar-refractivity contribution < 1.29 is 28.6 Å². The third-order valence-corrected chi connectivity index (χ3v) is 9.76. The molecule has 0 spiro atoms. The van der Waals surface area contributed by atoms with E-state index in [2.05, 4.69) is 24.0 Å². The van der Waals surface area contributed by atoms with Crippen LogP contribution in [-0.4, -0.2) is 39.7 Å². The lowest BCUT2D eigenvalue weighted by Gasteiger charge is -2.23. The Morgan fingerprint density at radius 3 is 2.71 bits per heavy atom. The Morgan fingerprint density at radius 1 is 1.13 bits per heavy atom. The summed E-state index contributed by atoms with van der Waals surface area (Å²) in [6.07, 6.45) is 1.55. The van der Waals surface area contributed by atoms with Crippen molar-refractivity contribution in [1.29, 1.82) is 0 Å². The minimum Gasteiger partial charge on any atom is -0.507 e. The van der Waals surface area contributed by atoms with Crippen LogP contribution in [0.25, 0.3) is 5.76 Å². The minimum atomic E-state index is -0.968. The Bertz CT molecular complexity index is 1770. The molecule has 0 saturated carbocycles. The van der Waals surface area contributed by atoms with Crippen LogP contribution in [0.4, 0.5) is 9.52 Å². The molecule has 2 aliphatic heterocycles. The molecule has 3 aromatic carbocycles. The summed E-state index contributed by atoms with van der Waals surface area (Å²) in [7, 11) is 0. The highest BCUT2D eigenvalue weighted by molar-refractivity contribution is 8.00. The number of carbonyl (C=O) groups excluding carboxylic acids is 2. The number of aromatic nitrogens is 2. The fraction of sp³-hybridized carbons (Fsp3) is 0.294. The Balaban J connectivity index is 1.37. The number of thioether (sulfide) groups is 1. The van der Waals surface area contributed by atoms with Gasteiger partial charge < -0.3 is 14.6 Å². The first-order valence-corrected chi connectivity index (χ1v) is 16.5. The third-order valence-electron chi connectivity index (χ3n) is 7.63. The van der Waals surface area contributed by atoms with E-state index >= 15 is 0 Å². The molecule has 2 aliphatic rings. The molecule has 232 valence electrons. The molecule has 1 fully saturated rings. The van der Waals surface area contributed by atoms with Crippen LogP contribution in [0.5, 0.6) is 11.5 Å². The fourth-order valence-corrected chi connectivity index (χ4v) is 7.16. The highest BCUT2D eigenvalue weighted by Gasteiger charge is 2.48. The topological polar surface area (TPSA) is 102 Å². The van der Waals surface area contributed by atoms with Crippen LogP contribution in [0.2, 0.25) is 0 Å². The number of aliphatic hydroxyl groups is 1. The maximum absolute atomic E-state index is 13.7. The van der Waals surface area contributed by atoms with Crippen LogP contribution in [-0.2, 0) is 21.8 Å². The predicted octanol–water partition coefficient (Wildman–Crippen LogP) is 7.34. The van der Waals surface area contributed by atoms with Crippen LogP contribution >= 0.6 is 23.1 Å². The summed E-state index contributed by atoms with van der Waals surface area (Å²) in [5.74, 6) is 0.111. The monoisotopic (exact) mass is 645 g/mol. The summed E-state index contributed by atoms with van der Waals surface area (Å²) >= 11 is 2.57. The molecule has 4 aromatic rings. The summed E-state index contributed by atoms with van der Waals surface area (Å²) in [5.41, 5.74) is 2.80. The van der Waals surface area contributed by atoms with E-state index in [4.69, 9.17) is 9.47 Å². The molecule has 8 nitrogen and oxygen atoms in total. The summed E-state index contributed by atoms with van der Waals surface area (Å²) in [5, 5.41) is 20.4. The summed E-state index contributed by atoms with van der Waals surface area (Å²) in [6, 6.07) is 17.7. The van der Waals surface area contributed by atoms with E-state index in [0.717, 1.165) is 23.3 Å². The van der Waals surface area contributed by atoms with E-state index in [1.54, 1.807) is 48.5 Å². The van der Waals surface area contributed by atoms with Gasteiger partial charge in [-0.15, -0.1) is 10.2 Å². The molecule has 0 unspecified atom stereocenters. The first-order valence-electron chi connectivity index (χ1n) is 14.7. The second-order valence-electron chi connectivity index (χ2n) is 11.5. The highest BCUT2D eigenvalue weighted by Crippen LogP contribution is 2.45. The lowest BCUT2D eigenvalue weighted by Crippen LogP contribution is -2.29. The van der Waals surface area contributed by atoms with Crippen LogP contribution in [0.1, 0.15) is 55.5 Å². The molecule has 0 radical (unpaired) electrons. The van der Waals surface area contributed by atoms with Gasteiger partial charge >= 0.3 is 5.91 Å². The van der Waals surface area contributed by atoms with Crippen molar-refractivity contribution in [3.8, 4) is 11.5 Å². The van der Waals surface area contributed by atoms with Crippen LogP contribution < -0.4 is 14.4 Å². The van der Waals surface area contributed by atoms with Crippen molar-refractivity contribution in [1.82, 2.24) is 10.2 Å². The van der Waals surface area contributed by atoms with Crippen molar-refractivity contribution in [2.75, 3.05) is 11.5 Å². The maximum atomic E-state index is 13.7. The molecule has 0 bridgehead atoms. The molecule has 1 N–H and O–H groups in total. The average molecular weight is 646 g/mol. The van der Waals surface area contributed by atoms with Crippen molar-refractivity contribution in [3.05, 3.63) is 100 Å². The first-order chi connectivity index (χ1) is 21.7. The molecule has 0 aliphatic carbocycles. The van der Waals surface area contributed by atoms with Gasteiger partial charge in [0.2, 0.25) is 5.13 Å². The van der Waals surface area contributed by atoms with Gasteiger partial charge in [-0.2, -0.15) is 0 Å². The van der Waals surface area contributed by atoms with E-state index in [9.17, 15) is 19.1 Å². The molecule has 3 heterocycles. The Kier molecular flexibility index (Phi) is 8.91. The van der Waals surface area contributed by atoms with Gasteiger partial charge in [0.05, 0.1) is 18.2 Å². The van der Waals surface area contributed by atoms with E-state index < -0.39 is 17.7 Å². The number of rotatable bonds is 10. The molecule has 1 amide bonds. The number of ketones is 1. The number of amides is 1. The second-order valence-corrected chi connectivity index (χ2v) is 13.7. The lowest BCUT2D eigenvalue weighted by atomic mass is 9.94. The zero-order valence-corrected chi connectivity index (χ0v) is 26.7. The summed E-state index contributed by atoms with van der Waals surface area (Å²) < 4.78 is 25.7. The van der Waals surface area contributed by atoms with Gasteiger partial charge in [-0.3, -0.25) is 14.5 Å². The zero-order chi connectivity index (χ0) is 31.7. The highest BCUT2D eigenvalue weighted by atomic mass is 32.2. The normalized spacial score (nSPS) is 18.8. The molecule has 1 saturated heterocycles. The number of benzene rings is 3. The Labute approximate surface area is 268 Å². The number of aliphatic hydroxyl groups excluding tert-OH is 1. The van der Waals surface area contributed by atoms with Crippen LogP contribution in [0.3, 0.4) is 0 Å². The zero-order valence-electron chi connectivity index (χ0n) is 25.0. The molecule has 6 rings (SSSR count). The molecule has 2 atom stereocenters. The number of carbonyl (C=O) groups is 2. The smallest absolute Gasteiger partial charge is 0.301 e. The number of hydrogen-bond donors (Lipinski definition) is 1. The van der Waals surface area contributed by atoms with Crippen LogP contribution in [0.15, 0.2) is 76.6 Å². The van der Waals surface area contributed by atoms with Crippen LogP contribution in [0, 0.1) is 11.7 Å². The lowest BCUT2D eigenvalue weighted by molar-refractivity contribution is -0.132. The standard InChI is InChI=1S/C34H32FN3O5S2/c1-19(2)13-14-42-26-6-4-5-22(17-26)29-28(30(39)23-9-12-27-24(16-23)15-20(3)43-27)31(40)32(41)38(29)33-36-37-34(45-33)44-18-21-7-10-25(35)11-8-21/h4-12,16-17,19-20,29,39H,13-15,18H2,1-3H3/b30-28+/t20-,29-/m0/s1. The van der Waals surface area contributed by atoms with Gasteiger partial charge in [0.1, 0.15) is 29.2 Å². The SMILES string of the molecule is CC(C)CCOc1cccc([C@H]2/C(=C(\O)c3ccc4c(c3)C[C@H](C)O4)C(=O)C(=O)N2c2nnc(SCc3ccc(F)cc3)s2)c1. The van der Waals surface area contributed by atoms with Gasteiger partial charge in [-0.25, -0.2) is 4.39 Å².